The van der Waals surface area contributed by atoms with Crippen molar-refractivity contribution in [3.8, 4) is 11.1 Å². The molecular weight excluding hydrogens is 221 g/mol. The fourth-order valence-corrected chi connectivity index (χ4v) is 3.54. The zero-order chi connectivity index (χ0) is 11.1. The Kier molecular flexibility index (Phi) is 2.21. The van der Waals surface area contributed by atoms with E-state index in [2.05, 4.69) is 0 Å². The molecule has 1 aromatic heterocycles. The highest BCUT2D eigenvalue weighted by Crippen LogP contribution is 2.43. The van der Waals surface area contributed by atoms with Crippen LogP contribution >= 0.6 is 11.3 Å². The third-order valence-corrected chi connectivity index (χ3v) is 4.20. The molecule has 0 saturated carbocycles. The largest absolute Gasteiger partial charge is 0.390 e. The summed E-state index contributed by atoms with van der Waals surface area (Å²) >= 11 is 1.69. The van der Waals surface area contributed by atoms with Gasteiger partial charge in [-0.1, -0.05) is 12.1 Å². The Morgan fingerprint density at radius 1 is 1.12 bits per heavy atom. The molecule has 3 heteroatoms. The van der Waals surface area contributed by atoms with Gasteiger partial charge in [0.05, 0.1) is 5.00 Å². The van der Waals surface area contributed by atoms with Crippen molar-refractivity contribution in [2.24, 2.45) is 0 Å². The Labute approximate surface area is 97.7 Å². The lowest BCUT2D eigenvalue weighted by molar-refractivity contribution is 0.628. The molecule has 0 saturated heterocycles. The number of anilines is 1. The summed E-state index contributed by atoms with van der Waals surface area (Å²) in [5.74, 6) is -0.200. The fraction of sp³-hybridized carbons (Fsp3) is 0.231. The molecule has 2 aromatic rings. The van der Waals surface area contributed by atoms with Gasteiger partial charge in [-0.3, -0.25) is 0 Å². The van der Waals surface area contributed by atoms with Gasteiger partial charge in [-0.2, -0.15) is 0 Å². The van der Waals surface area contributed by atoms with E-state index in [9.17, 15) is 4.39 Å². The minimum Gasteiger partial charge on any atom is -0.390 e. The number of hydrogen-bond donors (Lipinski definition) is 1. The van der Waals surface area contributed by atoms with Gasteiger partial charge in [-0.25, -0.2) is 4.39 Å². The molecule has 0 atom stereocenters. The van der Waals surface area contributed by atoms with Gasteiger partial charge < -0.3 is 5.73 Å². The molecule has 2 N–H and O–H groups in total. The number of nitrogen functional groups attached to an aromatic ring is 1. The number of fused-ring (bicyclic) bond motifs is 1. The number of nitrogens with two attached hydrogens (primary N) is 1. The topological polar surface area (TPSA) is 26.0 Å². The average molecular weight is 233 g/mol. The molecule has 1 aliphatic carbocycles. The highest BCUT2D eigenvalue weighted by molar-refractivity contribution is 7.16. The Morgan fingerprint density at radius 3 is 2.62 bits per heavy atom. The summed E-state index contributed by atoms with van der Waals surface area (Å²) in [6, 6.07) is 6.61. The number of benzene rings is 1. The number of aryl methyl sites for hydroxylation is 1. The lowest BCUT2D eigenvalue weighted by Crippen LogP contribution is -1.88. The molecule has 1 nitrogen and oxygen atoms in total. The van der Waals surface area contributed by atoms with E-state index >= 15 is 0 Å². The van der Waals surface area contributed by atoms with Gasteiger partial charge in [-0.05, 0) is 42.5 Å². The van der Waals surface area contributed by atoms with Gasteiger partial charge in [0.1, 0.15) is 5.82 Å². The van der Waals surface area contributed by atoms with Crippen LogP contribution < -0.4 is 5.73 Å². The van der Waals surface area contributed by atoms with E-state index in [4.69, 9.17) is 5.73 Å². The zero-order valence-electron chi connectivity index (χ0n) is 8.79. The maximum atomic E-state index is 12.9. The summed E-state index contributed by atoms with van der Waals surface area (Å²) < 4.78 is 12.9. The first-order chi connectivity index (χ1) is 7.75. The van der Waals surface area contributed by atoms with Crippen LogP contribution in [0.15, 0.2) is 24.3 Å². The Bertz CT molecular complexity index is 528. The highest BCUT2D eigenvalue weighted by Gasteiger charge is 2.21. The summed E-state index contributed by atoms with van der Waals surface area (Å²) in [4.78, 5) is 1.41. The van der Waals surface area contributed by atoms with E-state index in [1.807, 2.05) is 12.1 Å². The van der Waals surface area contributed by atoms with E-state index < -0.39 is 0 Å². The van der Waals surface area contributed by atoms with Crippen LogP contribution in [0.4, 0.5) is 9.39 Å². The first-order valence-corrected chi connectivity index (χ1v) is 6.23. The van der Waals surface area contributed by atoms with Crippen molar-refractivity contribution in [2.45, 2.75) is 19.3 Å². The van der Waals surface area contributed by atoms with Crippen LogP contribution in [0, 0.1) is 5.82 Å². The molecule has 0 aliphatic heterocycles. The number of thiophene rings is 1. The van der Waals surface area contributed by atoms with Gasteiger partial charge in [0, 0.05) is 10.4 Å². The lowest BCUT2D eigenvalue weighted by atomic mass is 10.0. The Morgan fingerprint density at radius 2 is 1.88 bits per heavy atom. The van der Waals surface area contributed by atoms with Crippen LogP contribution in [0.5, 0.6) is 0 Å². The van der Waals surface area contributed by atoms with E-state index in [-0.39, 0.29) is 5.82 Å². The van der Waals surface area contributed by atoms with E-state index in [1.54, 1.807) is 11.3 Å². The Hall–Kier alpha value is -1.35. The van der Waals surface area contributed by atoms with Crippen molar-refractivity contribution in [1.82, 2.24) is 0 Å². The molecule has 3 rings (SSSR count). The number of halogens is 1. The maximum absolute atomic E-state index is 12.9. The summed E-state index contributed by atoms with van der Waals surface area (Å²) in [5.41, 5.74) is 9.61. The SMILES string of the molecule is Nc1sc2c(c1-c1ccc(F)cc1)CCC2. The van der Waals surface area contributed by atoms with Crippen LogP contribution in [0.2, 0.25) is 0 Å². The van der Waals surface area contributed by atoms with E-state index in [0.717, 1.165) is 29.0 Å². The van der Waals surface area contributed by atoms with E-state index in [0.29, 0.717) is 0 Å². The molecule has 0 bridgehead atoms. The molecule has 0 unspecified atom stereocenters. The van der Waals surface area contributed by atoms with Crippen LogP contribution in [0.3, 0.4) is 0 Å². The summed E-state index contributed by atoms with van der Waals surface area (Å²) in [6.07, 6.45) is 3.47. The smallest absolute Gasteiger partial charge is 0.123 e. The second-order valence-electron chi connectivity index (χ2n) is 4.10. The van der Waals surface area contributed by atoms with Crippen LogP contribution in [0.1, 0.15) is 16.9 Å². The zero-order valence-corrected chi connectivity index (χ0v) is 9.61. The predicted molar refractivity (Wildman–Crippen MR) is 66.2 cm³/mol. The number of hydrogen-bond acceptors (Lipinski definition) is 2. The monoisotopic (exact) mass is 233 g/mol. The Balaban J connectivity index is 2.16. The average Bonchev–Trinajstić information content (AvgIpc) is 2.79. The quantitative estimate of drug-likeness (QED) is 0.799. The van der Waals surface area contributed by atoms with Gasteiger partial charge in [0.15, 0.2) is 0 Å². The molecule has 1 aliphatic rings. The lowest BCUT2D eigenvalue weighted by Gasteiger charge is -2.03. The van der Waals surface area contributed by atoms with Crippen molar-refractivity contribution in [3.05, 3.63) is 40.5 Å². The molecule has 0 fully saturated rings. The molecule has 16 heavy (non-hydrogen) atoms. The standard InChI is InChI=1S/C13H12FNS/c14-9-6-4-8(5-7-9)12-10-2-1-3-11(10)16-13(12)15/h4-7H,1-3,15H2. The van der Waals surface area contributed by atoms with Crippen LogP contribution in [-0.4, -0.2) is 0 Å². The third-order valence-electron chi connectivity index (χ3n) is 3.08. The minimum absolute atomic E-state index is 0.200. The van der Waals surface area contributed by atoms with Gasteiger partial charge in [-0.15, -0.1) is 11.3 Å². The second-order valence-corrected chi connectivity index (χ2v) is 5.24. The van der Waals surface area contributed by atoms with Crippen LogP contribution in [0.25, 0.3) is 11.1 Å². The van der Waals surface area contributed by atoms with Crippen molar-refractivity contribution in [1.29, 1.82) is 0 Å². The van der Waals surface area contributed by atoms with Crippen molar-refractivity contribution < 1.29 is 4.39 Å². The van der Waals surface area contributed by atoms with Crippen LogP contribution in [-0.2, 0) is 12.8 Å². The summed E-state index contributed by atoms with van der Waals surface area (Å²) in [7, 11) is 0. The van der Waals surface area contributed by atoms with Crippen molar-refractivity contribution in [3.63, 3.8) is 0 Å². The fourth-order valence-electron chi connectivity index (χ4n) is 2.36. The first-order valence-electron chi connectivity index (χ1n) is 5.41. The normalized spacial score (nSPS) is 14.1. The predicted octanol–water partition coefficient (Wildman–Crippen LogP) is 3.63. The van der Waals surface area contributed by atoms with Gasteiger partial charge >= 0.3 is 0 Å². The highest BCUT2D eigenvalue weighted by atomic mass is 32.1. The third kappa shape index (κ3) is 1.43. The molecule has 0 spiro atoms. The molecule has 82 valence electrons. The molecule has 1 aromatic carbocycles. The summed E-state index contributed by atoms with van der Waals surface area (Å²) in [6.45, 7) is 0. The maximum Gasteiger partial charge on any atom is 0.123 e. The molecule has 0 amide bonds. The van der Waals surface area contributed by atoms with Crippen molar-refractivity contribution >= 4 is 16.3 Å². The molecular formula is C13H12FNS. The summed E-state index contributed by atoms with van der Waals surface area (Å²) in [5, 5.41) is 0.872. The minimum atomic E-state index is -0.200. The van der Waals surface area contributed by atoms with E-state index in [1.165, 1.54) is 29.0 Å². The first kappa shape index (κ1) is 9.85. The van der Waals surface area contributed by atoms with Crippen molar-refractivity contribution in [2.75, 3.05) is 5.73 Å². The van der Waals surface area contributed by atoms with Gasteiger partial charge in [0.25, 0.3) is 0 Å². The molecule has 0 radical (unpaired) electrons. The molecule has 1 heterocycles. The number of rotatable bonds is 1. The van der Waals surface area contributed by atoms with Gasteiger partial charge in [0.2, 0.25) is 0 Å². The second kappa shape index (κ2) is 3.59.